The first-order valence-electron chi connectivity index (χ1n) is 6.03. The minimum atomic E-state index is 0.946. The van der Waals surface area contributed by atoms with Crippen LogP contribution in [-0.4, -0.2) is 11.6 Å². The number of aryl methyl sites for hydroxylation is 1. The molecule has 1 aliphatic rings. The van der Waals surface area contributed by atoms with Gasteiger partial charge in [0.05, 0.1) is 6.54 Å². The lowest BCUT2D eigenvalue weighted by Crippen LogP contribution is -2.36. The van der Waals surface area contributed by atoms with Crippen molar-refractivity contribution in [2.75, 3.05) is 6.54 Å². The van der Waals surface area contributed by atoms with Crippen LogP contribution in [0.2, 0.25) is 0 Å². The molecule has 1 aliphatic heterocycles. The van der Waals surface area contributed by atoms with E-state index in [2.05, 4.69) is 54.7 Å². The molecule has 0 aromatic heterocycles. The summed E-state index contributed by atoms with van der Waals surface area (Å²) in [4.78, 5) is 0. The van der Waals surface area contributed by atoms with E-state index >= 15 is 0 Å². The fourth-order valence-electron chi connectivity index (χ4n) is 1.95. The molecule has 1 aromatic rings. The minimum Gasteiger partial charge on any atom is -0.311 e. The van der Waals surface area contributed by atoms with Crippen LogP contribution in [0.15, 0.2) is 36.0 Å². The van der Waals surface area contributed by atoms with Crippen LogP contribution in [0.4, 0.5) is 0 Å². The van der Waals surface area contributed by atoms with Crippen molar-refractivity contribution < 1.29 is 0 Å². The lowest BCUT2D eigenvalue weighted by Gasteiger charge is -2.26. The lowest BCUT2D eigenvalue weighted by molar-refractivity contribution is 0.247. The second kappa shape index (κ2) is 5.17. The third-order valence-corrected chi connectivity index (χ3v) is 2.99. The average molecular weight is 216 g/mol. The van der Waals surface area contributed by atoms with E-state index in [0.29, 0.717) is 0 Å². The van der Waals surface area contributed by atoms with Gasteiger partial charge in [-0.05, 0) is 30.9 Å². The summed E-state index contributed by atoms with van der Waals surface area (Å²) < 4.78 is 0. The van der Waals surface area contributed by atoms with E-state index in [1.54, 1.807) is 0 Å². The van der Waals surface area contributed by atoms with Gasteiger partial charge in [0.15, 0.2) is 0 Å². The highest BCUT2D eigenvalue weighted by atomic mass is 15.5. The molecule has 86 valence electrons. The third kappa shape index (κ3) is 2.86. The Morgan fingerprint density at radius 2 is 1.88 bits per heavy atom. The molecule has 0 atom stereocenters. The van der Waals surface area contributed by atoms with Gasteiger partial charge in [0.2, 0.25) is 0 Å². The Bertz CT molecular complexity index is 365. The topological polar surface area (TPSA) is 15.3 Å². The fourth-order valence-corrected chi connectivity index (χ4v) is 1.95. The third-order valence-electron chi connectivity index (χ3n) is 2.99. The van der Waals surface area contributed by atoms with Gasteiger partial charge in [0.25, 0.3) is 0 Å². The summed E-state index contributed by atoms with van der Waals surface area (Å²) in [6, 6.07) is 8.88. The van der Waals surface area contributed by atoms with Crippen molar-refractivity contribution >= 4 is 0 Å². The summed E-state index contributed by atoms with van der Waals surface area (Å²) in [7, 11) is 0. The minimum absolute atomic E-state index is 0.946. The maximum Gasteiger partial charge on any atom is 0.0588 e. The van der Waals surface area contributed by atoms with Crippen molar-refractivity contribution in [2.45, 2.75) is 33.2 Å². The molecule has 0 saturated heterocycles. The van der Waals surface area contributed by atoms with E-state index in [1.807, 2.05) is 0 Å². The fraction of sp³-hybridized carbons (Fsp3) is 0.429. The second-order valence-electron chi connectivity index (χ2n) is 4.43. The molecule has 2 rings (SSSR count). The molecule has 16 heavy (non-hydrogen) atoms. The van der Waals surface area contributed by atoms with Crippen molar-refractivity contribution in [1.82, 2.24) is 10.4 Å². The van der Waals surface area contributed by atoms with E-state index < -0.39 is 0 Å². The van der Waals surface area contributed by atoms with E-state index in [-0.39, 0.29) is 0 Å². The molecule has 0 amide bonds. The van der Waals surface area contributed by atoms with Crippen LogP contribution >= 0.6 is 0 Å². The van der Waals surface area contributed by atoms with Crippen LogP contribution < -0.4 is 5.43 Å². The molecule has 0 unspecified atom stereocenters. The first-order valence-corrected chi connectivity index (χ1v) is 6.03. The van der Waals surface area contributed by atoms with Gasteiger partial charge in [-0.3, -0.25) is 0 Å². The number of nitrogens with zero attached hydrogens (tertiary/aromatic N) is 1. The molecular formula is C14H20N2. The largest absolute Gasteiger partial charge is 0.311 e. The Morgan fingerprint density at radius 1 is 1.19 bits per heavy atom. The summed E-state index contributed by atoms with van der Waals surface area (Å²) in [5, 5.41) is 2.18. The highest BCUT2D eigenvalue weighted by Crippen LogP contribution is 2.11. The molecule has 0 saturated carbocycles. The lowest BCUT2D eigenvalue weighted by atomic mass is 10.1. The molecule has 1 heterocycles. The summed E-state index contributed by atoms with van der Waals surface area (Å²) >= 11 is 0. The Morgan fingerprint density at radius 3 is 2.50 bits per heavy atom. The summed E-state index contributed by atoms with van der Waals surface area (Å²) in [5.74, 6) is 0. The average Bonchev–Trinajstić information content (AvgIpc) is 2.30. The summed E-state index contributed by atoms with van der Waals surface area (Å²) in [5.41, 5.74) is 7.59. The van der Waals surface area contributed by atoms with Crippen molar-refractivity contribution in [3.63, 3.8) is 0 Å². The number of hydrogen-bond acceptors (Lipinski definition) is 2. The molecule has 0 radical (unpaired) electrons. The van der Waals surface area contributed by atoms with Gasteiger partial charge in [0, 0.05) is 12.7 Å². The SMILES string of the molecule is CCc1ccc(CN2C=C(C)CCN2)cc1. The van der Waals surface area contributed by atoms with E-state index in [1.165, 1.54) is 16.7 Å². The van der Waals surface area contributed by atoms with Gasteiger partial charge in [-0.25, -0.2) is 5.43 Å². The maximum atomic E-state index is 3.38. The number of nitrogens with one attached hydrogen (secondary N) is 1. The van der Waals surface area contributed by atoms with Crippen molar-refractivity contribution in [2.24, 2.45) is 0 Å². The smallest absolute Gasteiger partial charge is 0.0588 e. The Balaban J connectivity index is 2.00. The normalized spacial score (nSPS) is 16.1. The molecule has 0 aliphatic carbocycles. The first-order chi connectivity index (χ1) is 7.78. The van der Waals surface area contributed by atoms with Gasteiger partial charge >= 0.3 is 0 Å². The summed E-state index contributed by atoms with van der Waals surface area (Å²) in [6.07, 6.45) is 4.48. The molecule has 1 aromatic carbocycles. The van der Waals surface area contributed by atoms with Crippen LogP contribution in [0.25, 0.3) is 0 Å². The maximum absolute atomic E-state index is 3.38. The van der Waals surface area contributed by atoms with Crippen LogP contribution in [0.3, 0.4) is 0 Å². The molecule has 2 heteroatoms. The predicted octanol–water partition coefficient (Wildman–Crippen LogP) is 2.86. The molecule has 2 nitrogen and oxygen atoms in total. The van der Waals surface area contributed by atoms with Crippen LogP contribution in [0.5, 0.6) is 0 Å². The summed E-state index contributed by atoms with van der Waals surface area (Å²) in [6.45, 7) is 6.37. The van der Waals surface area contributed by atoms with Crippen LogP contribution in [0, 0.1) is 0 Å². The number of hydrazine groups is 1. The zero-order chi connectivity index (χ0) is 11.4. The molecule has 0 fully saturated rings. The number of hydrogen-bond donors (Lipinski definition) is 1. The van der Waals surface area contributed by atoms with E-state index in [0.717, 1.165) is 25.9 Å². The Labute approximate surface area is 97.9 Å². The Kier molecular flexibility index (Phi) is 3.62. The Hall–Kier alpha value is -1.28. The van der Waals surface area contributed by atoms with Gasteiger partial charge in [-0.1, -0.05) is 36.8 Å². The highest BCUT2D eigenvalue weighted by molar-refractivity contribution is 5.22. The molecular weight excluding hydrogens is 196 g/mol. The number of rotatable bonds is 3. The zero-order valence-electron chi connectivity index (χ0n) is 10.2. The predicted molar refractivity (Wildman–Crippen MR) is 67.7 cm³/mol. The van der Waals surface area contributed by atoms with Crippen molar-refractivity contribution in [3.8, 4) is 0 Å². The standard InChI is InChI=1S/C14H20N2/c1-3-13-4-6-14(7-5-13)11-16-10-12(2)8-9-15-16/h4-7,10,15H,3,8-9,11H2,1-2H3. The molecule has 0 spiro atoms. The van der Waals surface area contributed by atoms with Gasteiger partial charge in [0.1, 0.15) is 0 Å². The van der Waals surface area contributed by atoms with E-state index in [9.17, 15) is 0 Å². The monoisotopic (exact) mass is 216 g/mol. The van der Waals surface area contributed by atoms with Crippen LogP contribution in [-0.2, 0) is 13.0 Å². The quantitative estimate of drug-likeness (QED) is 0.835. The zero-order valence-corrected chi connectivity index (χ0v) is 10.2. The second-order valence-corrected chi connectivity index (χ2v) is 4.43. The van der Waals surface area contributed by atoms with Crippen molar-refractivity contribution in [3.05, 3.63) is 47.2 Å². The van der Waals surface area contributed by atoms with E-state index in [4.69, 9.17) is 0 Å². The first kappa shape index (κ1) is 11.2. The van der Waals surface area contributed by atoms with Gasteiger partial charge < -0.3 is 5.01 Å². The van der Waals surface area contributed by atoms with Gasteiger partial charge in [-0.2, -0.15) is 0 Å². The number of benzene rings is 1. The molecule has 1 N–H and O–H groups in total. The molecule has 0 bridgehead atoms. The van der Waals surface area contributed by atoms with Crippen molar-refractivity contribution in [1.29, 1.82) is 0 Å². The van der Waals surface area contributed by atoms with Crippen LogP contribution in [0.1, 0.15) is 31.4 Å². The highest BCUT2D eigenvalue weighted by Gasteiger charge is 2.06. The van der Waals surface area contributed by atoms with Gasteiger partial charge in [-0.15, -0.1) is 0 Å².